The van der Waals surface area contributed by atoms with Crippen LogP contribution in [0.2, 0.25) is 0 Å². The van der Waals surface area contributed by atoms with Crippen LogP contribution in [-0.2, 0) is 22.5 Å². The fourth-order valence-electron chi connectivity index (χ4n) is 2.93. The fraction of sp³-hybridized carbons (Fsp3) is 0.300. The molecule has 3 rings (SSSR count). The van der Waals surface area contributed by atoms with Gasteiger partial charge in [-0.25, -0.2) is 9.59 Å². The molecule has 1 heterocycles. The van der Waals surface area contributed by atoms with Crippen molar-refractivity contribution in [1.29, 1.82) is 0 Å². The summed E-state index contributed by atoms with van der Waals surface area (Å²) < 4.78 is 10.6. The third-order valence-corrected chi connectivity index (χ3v) is 4.27. The maximum atomic E-state index is 12.7. The zero-order valence-corrected chi connectivity index (χ0v) is 14.4. The van der Waals surface area contributed by atoms with Crippen molar-refractivity contribution in [2.75, 3.05) is 6.61 Å². The topological polar surface area (TPSA) is 55.8 Å². The number of benzene rings is 2. The van der Waals surface area contributed by atoms with E-state index in [9.17, 15) is 9.59 Å². The summed E-state index contributed by atoms with van der Waals surface area (Å²) in [5.41, 5.74) is 3.15. The van der Waals surface area contributed by atoms with Gasteiger partial charge in [-0.05, 0) is 37.1 Å². The largest absolute Gasteiger partial charge is 0.464 e. The minimum Gasteiger partial charge on any atom is -0.464 e. The molecule has 25 heavy (non-hydrogen) atoms. The number of amides is 1. The van der Waals surface area contributed by atoms with Gasteiger partial charge < -0.3 is 9.47 Å². The van der Waals surface area contributed by atoms with Crippen molar-refractivity contribution in [3.8, 4) is 5.75 Å². The Bertz CT molecular complexity index is 770. The zero-order chi connectivity index (χ0) is 17.8. The molecule has 2 aromatic carbocycles. The van der Waals surface area contributed by atoms with Gasteiger partial charge >= 0.3 is 12.1 Å². The van der Waals surface area contributed by atoms with Crippen LogP contribution in [0.15, 0.2) is 48.5 Å². The predicted molar refractivity (Wildman–Crippen MR) is 93.3 cm³/mol. The van der Waals surface area contributed by atoms with Gasteiger partial charge in [0.25, 0.3) is 0 Å². The van der Waals surface area contributed by atoms with E-state index in [2.05, 4.69) is 0 Å². The van der Waals surface area contributed by atoms with Crippen molar-refractivity contribution in [2.24, 2.45) is 0 Å². The number of nitrogens with zero attached hydrogens (tertiary/aromatic N) is 1. The van der Waals surface area contributed by atoms with Crippen LogP contribution in [0.25, 0.3) is 0 Å². The number of carbonyl (C=O) groups excluding carboxylic acids is 2. The lowest BCUT2D eigenvalue weighted by molar-refractivity contribution is -0.149. The van der Waals surface area contributed by atoms with Crippen LogP contribution in [-0.4, -0.2) is 29.6 Å². The SMILES string of the molecule is CCOC(=O)C1Cc2ccccc2CN1C(=O)Oc1ccc(C)cc1. The standard InChI is InChI=1S/C20H21NO4/c1-3-24-19(22)18-12-15-6-4-5-7-16(15)13-21(18)20(23)25-17-10-8-14(2)9-11-17/h4-11,18H,3,12-13H2,1-2H3. The van der Waals surface area contributed by atoms with Crippen LogP contribution in [0.5, 0.6) is 5.75 Å². The van der Waals surface area contributed by atoms with Crippen LogP contribution in [0, 0.1) is 6.92 Å². The molecule has 0 bridgehead atoms. The molecule has 2 aromatic rings. The molecule has 1 unspecified atom stereocenters. The van der Waals surface area contributed by atoms with Crippen molar-refractivity contribution < 1.29 is 19.1 Å². The summed E-state index contributed by atoms with van der Waals surface area (Å²) in [6.45, 7) is 4.32. The second-order valence-corrected chi connectivity index (χ2v) is 6.05. The normalized spacial score (nSPS) is 16.1. The van der Waals surface area contributed by atoms with E-state index in [0.29, 0.717) is 18.7 Å². The molecule has 1 atom stereocenters. The molecule has 0 N–H and O–H groups in total. The van der Waals surface area contributed by atoms with Crippen LogP contribution in [0.1, 0.15) is 23.6 Å². The third kappa shape index (κ3) is 3.82. The van der Waals surface area contributed by atoms with Gasteiger partial charge in [0, 0.05) is 6.42 Å². The van der Waals surface area contributed by atoms with Crippen LogP contribution in [0.3, 0.4) is 0 Å². The van der Waals surface area contributed by atoms with E-state index < -0.39 is 18.1 Å². The maximum Gasteiger partial charge on any atom is 0.416 e. The minimum absolute atomic E-state index is 0.276. The molecule has 0 saturated heterocycles. The van der Waals surface area contributed by atoms with Gasteiger partial charge in [0.15, 0.2) is 0 Å². The molecule has 1 aliphatic rings. The van der Waals surface area contributed by atoms with E-state index in [1.807, 2.05) is 43.3 Å². The fourth-order valence-corrected chi connectivity index (χ4v) is 2.93. The highest BCUT2D eigenvalue weighted by Crippen LogP contribution is 2.25. The Morgan fingerprint density at radius 3 is 2.44 bits per heavy atom. The van der Waals surface area contributed by atoms with Crippen molar-refractivity contribution in [3.63, 3.8) is 0 Å². The molecular formula is C20H21NO4. The first-order chi connectivity index (χ1) is 12.1. The Hall–Kier alpha value is -2.82. The molecule has 0 saturated carbocycles. The molecule has 1 amide bonds. The molecule has 1 aliphatic heterocycles. The molecular weight excluding hydrogens is 318 g/mol. The number of esters is 1. The predicted octanol–water partition coefficient (Wildman–Crippen LogP) is 3.48. The molecule has 5 heteroatoms. The number of hydrogen-bond acceptors (Lipinski definition) is 4. The van der Waals surface area contributed by atoms with Crippen LogP contribution in [0.4, 0.5) is 4.79 Å². The lowest BCUT2D eigenvalue weighted by Gasteiger charge is -2.34. The second kappa shape index (κ2) is 7.38. The molecule has 130 valence electrons. The van der Waals surface area contributed by atoms with Gasteiger partial charge in [0.2, 0.25) is 0 Å². The third-order valence-electron chi connectivity index (χ3n) is 4.27. The number of hydrogen-bond donors (Lipinski definition) is 0. The van der Waals surface area contributed by atoms with Gasteiger partial charge in [0.1, 0.15) is 11.8 Å². The van der Waals surface area contributed by atoms with E-state index in [-0.39, 0.29) is 6.61 Å². The molecule has 0 fully saturated rings. The monoisotopic (exact) mass is 339 g/mol. The number of ether oxygens (including phenoxy) is 2. The summed E-state index contributed by atoms with van der Waals surface area (Å²) in [6, 6.07) is 14.3. The molecule has 0 spiro atoms. The van der Waals surface area contributed by atoms with E-state index >= 15 is 0 Å². The van der Waals surface area contributed by atoms with Crippen molar-refractivity contribution >= 4 is 12.1 Å². The minimum atomic E-state index is -0.673. The average molecular weight is 339 g/mol. The van der Waals surface area contributed by atoms with Crippen molar-refractivity contribution in [1.82, 2.24) is 4.90 Å². The summed E-state index contributed by atoms with van der Waals surface area (Å²) in [5, 5.41) is 0. The zero-order valence-electron chi connectivity index (χ0n) is 14.4. The summed E-state index contributed by atoms with van der Waals surface area (Å²) in [5.74, 6) is 0.0509. The summed E-state index contributed by atoms with van der Waals surface area (Å²) >= 11 is 0. The van der Waals surface area contributed by atoms with Gasteiger partial charge in [0.05, 0.1) is 13.2 Å². The van der Waals surface area contributed by atoms with Gasteiger partial charge in [-0.3, -0.25) is 4.90 Å². The van der Waals surface area contributed by atoms with Crippen LogP contribution < -0.4 is 4.74 Å². The Morgan fingerprint density at radius 2 is 1.76 bits per heavy atom. The lowest BCUT2D eigenvalue weighted by atomic mass is 9.94. The van der Waals surface area contributed by atoms with Gasteiger partial charge in [-0.1, -0.05) is 42.0 Å². The first-order valence-electron chi connectivity index (χ1n) is 8.37. The first kappa shape index (κ1) is 17.0. The van der Waals surface area contributed by atoms with E-state index in [4.69, 9.17) is 9.47 Å². The van der Waals surface area contributed by atoms with Crippen molar-refractivity contribution in [2.45, 2.75) is 32.9 Å². The molecule has 0 aromatic heterocycles. The number of aryl methyl sites for hydroxylation is 1. The number of fused-ring (bicyclic) bond motifs is 1. The summed E-state index contributed by atoms with van der Waals surface area (Å²) in [4.78, 5) is 26.5. The van der Waals surface area contributed by atoms with Crippen LogP contribution >= 0.6 is 0 Å². The van der Waals surface area contributed by atoms with Gasteiger partial charge in [-0.15, -0.1) is 0 Å². The highest BCUT2D eigenvalue weighted by Gasteiger charge is 2.36. The highest BCUT2D eigenvalue weighted by molar-refractivity contribution is 5.83. The van der Waals surface area contributed by atoms with Crippen molar-refractivity contribution in [3.05, 3.63) is 65.2 Å². The first-order valence-corrected chi connectivity index (χ1v) is 8.37. The van der Waals surface area contributed by atoms with E-state index in [1.165, 1.54) is 4.90 Å². The Kier molecular flexibility index (Phi) is 5.03. The Labute approximate surface area is 147 Å². The van der Waals surface area contributed by atoms with E-state index in [0.717, 1.165) is 16.7 Å². The smallest absolute Gasteiger partial charge is 0.416 e. The second-order valence-electron chi connectivity index (χ2n) is 6.05. The van der Waals surface area contributed by atoms with E-state index in [1.54, 1.807) is 19.1 Å². The number of carbonyl (C=O) groups is 2. The summed E-state index contributed by atoms with van der Waals surface area (Å²) in [7, 11) is 0. The quantitative estimate of drug-likeness (QED) is 0.803. The summed E-state index contributed by atoms with van der Waals surface area (Å²) in [6.07, 6.45) is -0.116. The van der Waals surface area contributed by atoms with Gasteiger partial charge in [-0.2, -0.15) is 0 Å². The Balaban J connectivity index is 1.83. The molecule has 5 nitrogen and oxygen atoms in total. The number of rotatable bonds is 3. The molecule has 0 aliphatic carbocycles. The highest BCUT2D eigenvalue weighted by atomic mass is 16.6. The average Bonchev–Trinajstić information content (AvgIpc) is 2.62. The Morgan fingerprint density at radius 1 is 1.08 bits per heavy atom. The lowest BCUT2D eigenvalue weighted by Crippen LogP contribution is -2.50. The maximum absolute atomic E-state index is 12.7. The molecule has 0 radical (unpaired) electrons.